The van der Waals surface area contributed by atoms with Crippen molar-refractivity contribution in [1.82, 2.24) is 25.3 Å². The van der Waals surface area contributed by atoms with Gasteiger partial charge in [-0.25, -0.2) is 0 Å². The highest BCUT2D eigenvalue weighted by Gasteiger charge is 2.46. The molecule has 1 atom stereocenters. The summed E-state index contributed by atoms with van der Waals surface area (Å²) >= 11 is 0. The molecule has 1 aliphatic heterocycles. The number of amides is 3. The lowest BCUT2D eigenvalue weighted by atomic mass is 9.92. The number of fused-ring (bicyclic) bond motifs is 1. The number of aromatic nitrogens is 2. The van der Waals surface area contributed by atoms with Crippen LogP contribution in [0.25, 0.3) is 0 Å². The Morgan fingerprint density at radius 3 is 2.59 bits per heavy atom. The first-order valence-electron chi connectivity index (χ1n) is 11.4. The van der Waals surface area contributed by atoms with E-state index in [1.807, 2.05) is 30.3 Å². The molecule has 0 spiro atoms. The van der Waals surface area contributed by atoms with E-state index in [-0.39, 0.29) is 36.0 Å². The second-order valence-corrected chi connectivity index (χ2v) is 9.01. The summed E-state index contributed by atoms with van der Waals surface area (Å²) in [6.45, 7) is 2.44. The van der Waals surface area contributed by atoms with Gasteiger partial charge in [-0.1, -0.05) is 49.6 Å². The fourth-order valence-corrected chi connectivity index (χ4v) is 4.48. The summed E-state index contributed by atoms with van der Waals surface area (Å²) in [5.41, 5.74) is 0.582. The third kappa shape index (κ3) is 4.40. The molecule has 3 amide bonds. The number of likely N-dealkylation sites (N-methyl/N-ethyl adjacent to an activating group) is 1. The molecule has 0 unspecified atom stereocenters. The molecule has 2 aliphatic rings. The SMILES string of the molecule is CN1C(=O)c2cc(C(=O)NCCc3ccccc3)nn2C[C@]1(C)C(=O)NC1CCCCC1. The number of carbonyl (C=O) groups is 3. The molecule has 1 fully saturated rings. The average molecular weight is 438 g/mol. The van der Waals surface area contributed by atoms with Gasteiger partial charge in [0.1, 0.15) is 11.2 Å². The average Bonchev–Trinajstić information content (AvgIpc) is 3.23. The van der Waals surface area contributed by atoms with Gasteiger partial charge in [0.15, 0.2) is 5.69 Å². The lowest BCUT2D eigenvalue weighted by molar-refractivity contribution is -0.133. The number of hydrogen-bond acceptors (Lipinski definition) is 4. The Morgan fingerprint density at radius 1 is 1.16 bits per heavy atom. The first-order chi connectivity index (χ1) is 15.4. The summed E-state index contributed by atoms with van der Waals surface area (Å²) in [5.74, 6) is -0.810. The molecule has 32 heavy (non-hydrogen) atoms. The molecule has 1 aromatic heterocycles. The molecule has 1 aromatic carbocycles. The van der Waals surface area contributed by atoms with E-state index in [4.69, 9.17) is 0 Å². The van der Waals surface area contributed by atoms with Gasteiger partial charge >= 0.3 is 0 Å². The topological polar surface area (TPSA) is 96.3 Å². The van der Waals surface area contributed by atoms with Crippen LogP contribution in [0.1, 0.15) is 65.6 Å². The molecule has 4 rings (SSSR count). The quantitative estimate of drug-likeness (QED) is 0.724. The standard InChI is InChI=1S/C24H31N5O3/c1-24(23(32)26-18-11-7-4-8-12-18)16-29-20(22(31)28(24)2)15-19(27-29)21(30)25-14-13-17-9-5-3-6-10-17/h3,5-6,9-10,15,18H,4,7-8,11-14,16H2,1-2H3,(H,25,30)(H,26,32)/t24-/m1/s1. The Morgan fingerprint density at radius 2 is 1.88 bits per heavy atom. The van der Waals surface area contributed by atoms with Crippen molar-refractivity contribution in [2.45, 2.75) is 63.6 Å². The molecule has 8 heteroatoms. The number of rotatable bonds is 6. The second kappa shape index (κ2) is 9.14. The molecule has 2 N–H and O–H groups in total. The van der Waals surface area contributed by atoms with Gasteiger partial charge in [-0.3, -0.25) is 19.1 Å². The van der Waals surface area contributed by atoms with E-state index in [2.05, 4.69) is 15.7 Å². The number of benzene rings is 1. The van der Waals surface area contributed by atoms with Crippen molar-refractivity contribution in [3.8, 4) is 0 Å². The van der Waals surface area contributed by atoms with E-state index < -0.39 is 5.54 Å². The number of nitrogens with one attached hydrogen (secondary N) is 2. The van der Waals surface area contributed by atoms with Crippen molar-refractivity contribution in [3.63, 3.8) is 0 Å². The minimum absolute atomic E-state index is 0.154. The zero-order valence-electron chi connectivity index (χ0n) is 18.8. The summed E-state index contributed by atoms with van der Waals surface area (Å²) < 4.78 is 1.49. The molecule has 8 nitrogen and oxygen atoms in total. The first kappa shape index (κ1) is 22.0. The van der Waals surface area contributed by atoms with Gasteiger partial charge in [0.05, 0.1) is 6.54 Å². The summed E-state index contributed by atoms with van der Waals surface area (Å²) in [6.07, 6.45) is 6.08. The molecule has 1 aliphatic carbocycles. The van der Waals surface area contributed by atoms with E-state index in [0.717, 1.165) is 31.2 Å². The fraction of sp³-hybridized carbons (Fsp3) is 0.500. The van der Waals surface area contributed by atoms with Gasteiger partial charge in [-0.2, -0.15) is 5.10 Å². The highest BCUT2D eigenvalue weighted by atomic mass is 16.2. The minimum atomic E-state index is -1.06. The third-order valence-corrected chi connectivity index (χ3v) is 6.71. The molecule has 2 heterocycles. The molecular formula is C24H31N5O3. The molecular weight excluding hydrogens is 406 g/mol. The summed E-state index contributed by atoms with van der Waals surface area (Å²) in [4.78, 5) is 40.2. The minimum Gasteiger partial charge on any atom is -0.351 e. The van der Waals surface area contributed by atoms with Crippen molar-refractivity contribution >= 4 is 17.7 Å². The highest BCUT2D eigenvalue weighted by molar-refractivity contribution is 6.01. The highest BCUT2D eigenvalue weighted by Crippen LogP contribution is 2.27. The maximum Gasteiger partial charge on any atom is 0.272 e. The van der Waals surface area contributed by atoms with Crippen molar-refractivity contribution in [2.24, 2.45) is 0 Å². The maximum absolute atomic E-state index is 13.1. The predicted molar refractivity (Wildman–Crippen MR) is 120 cm³/mol. The second-order valence-electron chi connectivity index (χ2n) is 9.01. The Hall–Kier alpha value is -3.16. The molecule has 0 saturated heterocycles. The van der Waals surface area contributed by atoms with Crippen LogP contribution in [0.4, 0.5) is 0 Å². The smallest absolute Gasteiger partial charge is 0.272 e. The fourth-order valence-electron chi connectivity index (χ4n) is 4.48. The Kier molecular flexibility index (Phi) is 6.30. The maximum atomic E-state index is 13.1. The lowest BCUT2D eigenvalue weighted by Gasteiger charge is -2.41. The van der Waals surface area contributed by atoms with E-state index >= 15 is 0 Å². The Bertz CT molecular complexity index is 996. The zero-order chi connectivity index (χ0) is 22.7. The van der Waals surface area contributed by atoms with Gasteiger partial charge < -0.3 is 15.5 Å². The van der Waals surface area contributed by atoms with E-state index in [1.54, 1.807) is 14.0 Å². The van der Waals surface area contributed by atoms with Crippen molar-refractivity contribution in [1.29, 1.82) is 0 Å². The summed E-state index contributed by atoms with van der Waals surface area (Å²) in [6, 6.07) is 11.6. The molecule has 170 valence electrons. The Labute approximate surface area is 188 Å². The third-order valence-electron chi connectivity index (χ3n) is 6.71. The van der Waals surface area contributed by atoms with Crippen LogP contribution in [0, 0.1) is 0 Å². The van der Waals surface area contributed by atoms with Crippen LogP contribution in [0.5, 0.6) is 0 Å². The van der Waals surface area contributed by atoms with E-state index in [0.29, 0.717) is 18.7 Å². The molecule has 0 bridgehead atoms. The van der Waals surface area contributed by atoms with Gasteiger partial charge in [0.25, 0.3) is 11.8 Å². The Balaban J connectivity index is 1.43. The van der Waals surface area contributed by atoms with E-state index in [9.17, 15) is 14.4 Å². The summed E-state index contributed by atoms with van der Waals surface area (Å²) in [5, 5.41) is 10.4. The van der Waals surface area contributed by atoms with Crippen LogP contribution in [0.3, 0.4) is 0 Å². The first-order valence-corrected chi connectivity index (χ1v) is 11.4. The normalized spacial score (nSPS) is 21.2. The van der Waals surface area contributed by atoms with Gasteiger partial charge in [-0.15, -0.1) is 0 Å². The summed E-state index contributed by atoms with van der Waals surface area (Å²) in [7, 11) is 1.64. The molecule has 2 aromatic rings. The van der Waals surface area contributed by atoms with Crippen LogP contribution in [0.2, 0.25) is 0 Å². The van der Waals surface area contributed by atoms with Crippen LogP contribution in [0.15, 0.2) is 36.4 Å². The molecule has 1 saturated carbocycles. The van der Waals surface area contributed by atoms with Crippen LogP contribution in [-0.4, -0.2) is 57.6 Å². The van der Waals surface area contributed by atoms with E-state index in [1.165, 1.54) is 22.1 Å². The largest absolute Gasteiger partial charge is 0.351 e. The van der Waals surface area contributed by atoms with Crippen molar-refractivity contribution in [3.05, 3.63) is 53.3 Å². The lowest BCUT2D eigenvalue weighted by Crippen LogP contribution is -2.63. The number of hydrogen-bond donors (Lipinski definition) is 2. The molecule has 0 radical (unpaired) electrons. The van der Waals surface area contributed by atoms with Crippen LogP contribution >= 0.6 is 0 Å². The van der Waals surface area contributed by atoms with Crippen LogP contribution in [-0.2, 0) is 17.8 Å². The predicted octanol–water partition coefficient (Wildman–Crippen LogP) is 2.15. The number of carbonyl (C=O) groups excluding carboxylic acids is 3. The zero-order valence-corrected chi connectivity index (χ0v) is 18.8. The van der Waals surface area contributed by atoms with Crippen molar-refractivity contribution in [2.75, 3.05) is 13.6 Å². The van der Waals surface area contributed by atoms with Gasteiger partial charge in [0, 0.05) is 25.7 Å². The van der Waals surface area contributed by atoms with Gasteiger partial charge in [0.2, 0.25) is 5.91 Å². The van der Waals surface area contributed by atoms with Gasteiger partial charge in [-0.05, 0) is 31.7 Å². The van der Waals surface area contributed by atoms with Crippen molar-refractivity contribution < 1.29 is 14.4 Å². The monoisotopic (exact) mass is 437 g/mol. The van der Waals surface area contributed by atoms with Crippen LogP contribution < -0.4 is 10.6 Å². The number of nitrogens with zero attached hydrogens (tertiary/aromatic N) is 3.